The molecule has 28 heavy (non-hydrogen) atoms. The van der Waals surface area contributed by atoms with E-state index in [4.69, 9.17) is 14.6 Å². The summed E-state index contributed by atoms with van der Waals surface area (Å²) in [7, 11) is 0. The largest absolute Gasteiger partial charge is 0.490 e. The molecule has 3 aliphatic carbocycles. The van der Waals surface area contributed by atoms with E-state index < -0.39 is 5.97 Å². The first-order chi connectivity index (χ1) is 13.5. The second kappa shape index (κ2) is 6.48. The van der Waals surface area contributed by atoms with Crippen LogP contribution in [0.4, 0.5) is 5.69 Å². The molecule has 1 aliphatic heterocycles. The zero-order chi connectivity index (χ0) is 19.5. The molecule has 6 nitrogen and oxygen atoms in total. The van der Waals surface area contributed by atoms with E-state index in [0.717, 1.165) is 55.5 Å². The van der Waals surface area contributed by atoms with E-state index in [1.807, 2.05) is 12.1 Å². The lowest BCUT2D eigenvalue weighted by molar-refractivity contribution is -0.159. The van der Waals surface area contributed by atoms with Gasteiger partial charge in [-0.1, -0.05) is 13.3 Å². The Labute approximate surface area is 164 Å². The minimum absolute atomic E-state index is 0.0183. The third-order valence-corrected chi connectivity index (χ3v) is 7.54. The Kier molecular flexibility index (Phi) is 4.16. The summed E-state index contributed by atoms with van der Waals surface area (Å²) in [6, 6.07) is 6.00. The van der Waals surface area contributed by atoms with Crippen LogP contribution in [0.2, 0.25) is 0 Å². The first-order valence-electron chi connectivity index (χ1n) is 10.4. The highest BCUT2D eigenvalue weighted by Gasteiger charge is 2.52. The van der Waals surface area contributed by atoms with Crippen LogP contribution in [0.15, 0.2) is 18.2 Å². The molecule has 3 saturated carbocycles. The van der Waals surface area contributed by atoms with E-state index in [9.17, 15) is 9.59 Å². The smallest absolute Gasteiger partial charge is 0.329 e. The standard InChI is InChI=1S/C22H27NO5/c1-12-9-18(27-11-19(24)25)14-4-5-15(14)20(12)28-13-3-6-17-16(10-13)22(7-2-8-22)21(26)23-17/h3,6,10,12,14-15,18,20H,2,4-5,7-9,11H2,1H3,(H,23,26)(H,24,25). The Morgan fingerprint density at radius 2 is 2.07 bits per heavy atom. The summed E-state index contributed by atoms with van der Waals surface area (Å²) in [5, 5.41) is 11.9. The average Bonchev–Trinajstić information content (AvgIpc) is 2.88. The van der Waals surface area contributed by atoms with Crippen molar-refractivity contribution in [2.45, 2.75) is 63.1 Å². The number of rotatable bonds is 5. The number of carbonyl (C=O) groups is 2. The molecule has 1 aromatic rings. The number of aliphatic carboxylic acids is 1. The van der Waals surface area contributed by atoms with Gasteiger partial charge in [0.15, 0.2) is 0 Å². The molecular weight excluding hydrogens is 358 g/mol. The lowest BCUT2D eigenvalue weighted by Crippen LogP contribution is -2.54. The monoisotopic (exact) mass is 385 g/mol. The summed E-state index contributed by atoms with van der Waals surface area (Å²) in [5.41, 5.74) is 1.69. The molecule has 2 N–H and O–H groups in total. The zero-order valence-corrected chi connectivity index (χ0v) is 16.1. The van der Waals surface area contributed by atoms with Crippen LogP contribution in [-0.4, -0.2) is 35.8 Å². The van der Waals surface area contributed by atoms with Gasteiger partial charge in [-0.15, -0.1) is 0 Å². The second-order valence-corrected chi connectivity index (χ2v) is 9.04. The highest BCUT2D eigenvalue weighted by molar-refractivity contribution is 6.07. The number of carboxylic acids is 1. The van der Waals surface area contributed by atoms with Crippen LogP contribution in [0.3, 0.4) is 0 Å². The molecule has 5 rings (SSSR count). The number of hydrogen-bond donors (Lipinski definition) is 2. The SMILES string of the molecule is CC1CC(OCC(=O)O)C2CCC2C1Oc1ccc2c(c1)C1(CCC1)C(=O)N2. The maximum atomic E-state index is 12.4. The highest BCUT2D eigenvalue weighted by atomic mass is 16.5. The average molecular weight is 385 g/mol. The van der Waals surface area contributed by atoms with Crippen molar-refractivity contribution < 1.29 is 24.2 Å². The quantitative estimate of drug-likeness (QED) is 0.812. The third kappa shape index (κ3) is 2.65. The van der Waals surface area contributed by atoms with Crippen LogP contribution in [0.25, 0.3) is 0 Å². The fourth-order valence-electron chi connectivity index (χ4n) is 5.74. The van der Waals surface area contributed by atoms with E-state index in [0.29, 0.717) is 17.8 Å². The molecule has 0 saturated heterocycles. The lowest BCUT2D eigenvalue weighted by atomic mass is 9.60. The van der Waals surface area contributed by atoms with Crippen LogP contribution in [0.5, 0.6) is 5.75 Å². The summed E-state index contributed by atoms with van der Waals surface area (Å²) in [5.74, 6) is 1.16. The normalized spacial score (nSPS) is 34.6. The maximum absolute atomic E-state index is 12.4. The van der Waals surface area contributed by atoms with Gasteiger partial charge in [0, 0.05) is 11.6 Å². The molecule has 0 radical (unpaired) electrons. The molecule has 6 heteroatoms. The number of benzene rings is 1. The number of hydrogen-bond acceptors (Lipinski definition) is 4. The molecule has 3 fully saturated rings. The van der Waals surface area contributed by atoms with Gasteiger partial charge in [-0.2, -0.15) is 0 Å². The number of carbonyl (C=O) groups excluding carboxylic acids is 1. The van der Waals surface area contributed by atoms with Gasteiger partial charge >= 0.3 is 5.97 Å². The number of carboxylic acid groups (broad SMARTS) is 1. The summed E-state index contributed by atoms with van der Waals surface area (Å²) in [6.07, 6.45) is 6.07. The van der Waals surface area contributed by atoms with Gasteiger partial charge < -0.3 is 19.9 Å². The van der Waals surface area contributed by atoms with Gasteiger partial charge in [0.25, 0.3) is 0 Å². The zero-order valence-electron chi connectivity index (χ0n) is 16.1. The van der Waals surface area contributed by atoms with E-state index in [1.165, 1.54) is 0 Å². The van der Waals surface area contributed by atoms with Gasteiger partial charge in [-0.3, -0.25) is 4.79 Å². The molecule has 5 atom stereocenters. The number of nitrogens with one attached hydrogen (secondary N) is 1. The summed E-state index contributed by atoms with van der Waals surface area (Å²) < 4.78 is 12.2. The van der Waals surface area contributed by atoms with Gasteiger partial charge in [0.2, 0.25) is 5.91 Å². The van der Waals surface area contributed by atoms with Gasteiger partial charge in [-0.25, -0.2) is 4.79 Å². The molecule has 1 aromatic carbocycles. The van der Waals surface area contributed by atoms with Crippen LogP contribution in [-0.2, 0) is 19.7 Å². The third-order valence-electron chi connectivity index (χ3n) is 7.54. The van der Waals surface area contributed by atoms with Crippen molar-refractivity contribution in [2.24, 2.45) is 17.8 Å². The van der Waals surface area contributed by atoms with E-state index in [2.05, 4.69) is 18.3 Å². The lowest BCUT2D eigenvalue weighted by Gasteiger charge is -2.52. The van der Waals surface area contributed by atoms with Crippen molar-refractivity contribution in [3.63, 3.8) is 0 Å². The second-order valence-electron chi connectivity index (χ2n) is 9.04. The first kappa shape index (κ1) is 18.0. The molecule has 0 aromatic heterocycles. The molecule has 5 unspecified atom stereocenters. The van der Waals surface area contributed by atoms with E-state index in [-0.39, 0.29) is 30.1 Å². The van der Waals surface area contributed by atoms with Crippen molar-refractivity contribution in [1.82, 2.24) is 0 Å². The molecule has 0 bridgehead atoms. The van der Waals surface area contributed by atoms with Gasteiger partial charge in [-0.05, 0) is 67.7 Å². The van der Waals surface area contributed by atoms with Crippen LogP contribution >= 0.6 is 0 Å². The molecule has 1 heterocycles. The summed E-state index contributed by atoms with van der Waals surface area (Å²) in [4.78, 5) is 23.3. The Bertz CT molecular complexity index is 817. The van der Waals surface area contributed by atoms with Crippen LogP contribution < -0.4 is 10.1 Å². The van der Waals surface area contributed by atoms with Crippen molar-refractivity contribution in [3.05, 3.63) is 23.8 Å². The summed E-state index contributed by atoms with van der Waals surface area (Å²) in [6.45, 7) is 1.95. The minimum atomic E-state index is -0.909. The highest BCUT2D eigenvalue weighted by Crippen LogP contribution is 2.53. The number of fused-ring (bicyclic) bond motifs is 3. The Hall–Kier alpha value is -2.08. The number of anilines is 1. The molecule has 1 spiro atoms. The maximum Gasteiger partial charge on any atom is 0.329 e. The van der Waals surface area contributed by atoms with Crippen molar-refractivity contribution in [1.29, 1.82) is 0 Å². The van der Waals surface area contributed by atoms with Crippen molar-refractivity contribution in [2.75, 3.05) is 11.9 Å². The number of ether oxygens (including phenoxy) is 2. The fourth-order valence-corrected chi connectivity index (χ4v) is 5.74. The predicted molar refractivity (Wildman–Crippen MR) is 102 cm³/mol. The molecule has 1 amide bonds. The van der Waals surface area contributed by atoms with E-state index >= 15 is 0 Å². The summed E-state index contributed by atoms with van der Waals surface area (Å²) >= 11 is 0. The van der Waals surface area contributed by atoms with Gasteiger partial charge in [0.05, 0.1) is 11.5 Å². The number of amides is 1. The van der Waals surface area contributed by atoms with E-state index in [1.54, 1.807) is 0 Å². The molecule has 4 aliphatic rings. The Morgan fingerprint density at radius 1 is 1.29 bits per heavy atom. The Balaban J connectivity index is 1.32. The topological polar surface area (TPSA) is 84.9 Å². The van der Waals surface area contributed by atoms with Crippen molar-refractivity contribution in [3.8, 4) is 5.75 Å². The van der Waals surface area contributed by atoms with Gasteiger partial charge in [0.1, 0.15) is 18.5 Å². The van der Waals surface area contributed by atoms with Crippen LogP contribution in [0.1, 0.15) is 51.0 Å². The first-order valence-corrected chi connectivity index (χ1v) is 10.4. The minimum Gasteiger partial charge on any atom is -0.490 e. The molecular formula is C22H27NO5. The predicted octanol–water partition coefficient (Wildman–Crippen LogP) is 3.34. The molecule has 150 valence electrons. The van der Waals surface area contributed by atoms with Crippen molar-refractivity contribution >= 4 is 17.6 Å². The Morgan fingerprint density at radius 3 is 2.71 bits per heavy atom. The van der Waals surface area contributed by atoms with Crippen LogP contribution in [0, 0.1) is 17.8 Å². The fraction of sp³-hybridized carbons (Fsp3) is 0.636.